The number of ether oxygens (including phenoxy) is 1. The number of esters is 1. The van der Waals surface area contributed by atoms with Crippen LogP contribution in [0.4, 0.5) is 4.39 Å². The highest BCUT2D eigenvalue weighted by Crippen LogP contribution is 2.20. The van der Waals surface area contributed by atoms with E-state index >= 15 is 0 Å². The normalized spacial score (nSPS) is 10.8. The van der Waals surface area contributed by atoms with Crippen LogP contribution in [0.3, 0.4) is 0 Å². The minimum atomic E-state index is -0.405. The van der Waals surface area contributed by atoms with Gasteiger partial charge in [0, 0.05) is 18.3 Å². The molecule has 0 spiro atoms. The molecule has 4 nitrogen and oxygen atoms in total. The van der Waals surface area contributed by atoms with Crippen molar-refractivity contribution in [1.29, 1.82) is 0 Å². The van der Waals surface area contributed by atoms with Gasteiger partial charge < -0.3 is 9.72 Å². The van der Waals surface area contributed by atoms with Crippen molar-refractivity contribution in [2.24, 2.45) is 0 Å². The number of aromatic amines is 1. The van der Waals surface area contributed by atoms with Gasteiger partial charge in [-0.25, -0.2) is 9.18 Å². The Morgan fingerprint density at radius 2 is 2.05 bits per heavy atom. The smallest absolute Gasteiger partial charge is 0.340 e. The maximum atomic E-state index is 12.9. The van der Waals surface area contributed by atoms with E-state index in [9.17, 15) is 9.18 Å². The molecule has 0 aliphatic heterocycles. The molecule has 21 heavy (non-hydrogen) atoms. The monoisotopic (exact) mass is 284 g/mol. The lowest BCUT2D eigenvalue weighted by Gasteiger charge is -2.00. The number of carbonyl (C=O) groups is 1. The molecule has 0 unspecified atom stereocenters. The van der Waals surface area contributed by atoms with Gasteiger partial charge in [-0.05, 0) is 29.8 Å². The molecule has 5 heteroatoms. The van der Waals surface area contributed by atoms with E-state index in [4.69, 9.17) is 4.74 Å². The van der Waals surface area contributed by atoms with Gasteiger partial charge >= 0.3 is 5.97 Å². The van der Waals surface area contributed by atoms with E-state index in [1.165, 1.54) is 19.2 Å². The molecule has 2 heterocycles. The highest BCUT2D eigenvalue weighted by atomic mass is 19.1. The molecule has 0 amide bonds. The second-order valence-corrected chi connectivity index (χ2v) is 4.71. The van der Waals surface area contributed by atoms with Gasteiger partial charge in [-0.3, -0.25) is 4.98 Å². The van der Waals surface area contributed by atoms with E-state index < -0.39 is 5.97 Å². The summed E-state index contributed by atoms with van der Waals surface area (Å²) >= 11 is 0. The molecule has 0 fully saturated rings. The van der Waals surface area contributed by atoms with Crippen LogP contribution in [0.1, 0.15) is 21.6 Å². The van der Waals surface area contributed by atoms with Gasteiger partial charge in [0.05, 0.1) is 23.7 Å². The van der Waals surface area contributed by atoms with Crippen molar-refractivity contribution < 1.29 is 13.9 Å². The maximum Gasteiger partial charge on any atom is 0.340 e. The van der Waals surface area contributed by atoms with E-state index in [0.29, 0.717) is 23.0 Å². The molecule has 1 N–H and O–H groups in total. The second kappa shape index (κ2) is 5.36. The largest absolute Gasteiger partial charge is 0.465 e. The third-order valence-electron chi connectivity index (χ3n) is 3.29. The standard InChI is InChI=1S/C16H13FN2O2/c1-21-16(20)13-6-7-18-14-9-12(19-15(13)14)8-10-2-4-11(17)5-3-10/h2-7,9,19H,8H2,1H3. The van der Waals surface area contributed by atoms with Gasteiger partial charge in [0.15, 0.2) is 0 Å². The number of aromatic nitrogens is 2. The Morgan fingerprint density at radius 3 is 2.76 bits per heavy atom. The molecule has 106 valence electrons. The van der Waals surface area contributed by atoms with Crippen molar-refractivity contribution in [3.63, 3.8) is 0 Å². The fraction of sp³-hybridized carbons (Fsp3) is 0.125. The van der Waals surface area contributed by atoms with Crippen LogP contribution in [-0.2, 0) is 11.2 Å². The van der Waals surface area contributed by atoms with Crippen LogP contribution in [0.15, 0.2) is 42.6 Å². The van der Waals surface area contributed by atoms with Crippen molar-refractivity contribution in [2.75, 3.05) is 7.11 Å². The SMILES string of the molecule is COC(=O)c1ccnc2cc(Cc3ccc(F)cc3)[nH]c12. The first-order valence-corrected chi connectivity index (χ1v) is 6.47. The number of H-pyrrole nitrogens is 1. The lowest BCUT2D eigenvalue weighted by Crippen LogP contribution is -2.02. The number of nitrogens with one attached hydrogen (secondary N) is 1. The van der Waals surface area contributed by atoms with Crippen LogP contribution < -0.4 is 0 Å². The molecule has 3 aromatic rings. The number of hydrogen-bond donors (Lipinski definition) is 1. The predicted molar refractivity (Wildman–Crippen MR) is 76.6 cm³/mol. The van der Waals surface area contributed by atoms with Gasteiger partial charge in [-0.2, -0.15) is 0 Å². The third-order valence-corrected chi connectivity index (χ3v) is 3.29. The van der Waals surface area contributed by atoms with E-state index in [0.717, 1.165) is 11.3 Å². The third kappa shape index (κ3) is 2.63. The van der Waals surface area contributed by atoms with Gasteiger partial charge in [-0.1, -0.05) is 12.1 Å². The summed E-state index contributed by atoms with van der Waals surface area (Å²) in [5, 5.41) is 0. The molecule has 1 aromatic carbocycles. The Balaban J connectivity index is 1.97. The zero-order valence-electron chi connectivity index (χ0n) is 11.4. The maximum absolute atomic E-state index is 12.9. The zero-order chi connectivity index (χ0) is 14.8. The van der Waals surface area contributed by atoms with Gasteiger partial charge in [0.2, 0.25) is 0 Å². The lowest BCUT2D eigenvalue weighted by molar-refractivity contribution is 0.0602. The fourth-order valence-corrected chi connectivity index (χ4v) is 2.28. The molecule has 0 bridgehead atoms. The van der Waals surface area contributed by atoms with E-state index in [2.05, 4.69) is 9.97 Å². The average molecular weight is 284 g/mol. The van der Waals surface area contributed by atoms with Crippen molar-refractivity contribution in [3.8, 4) is 0 Å². The van der Waals surface area contributed by atoms with Gasteiger partial charge in [-0.15, -0.1) is 0 Å². The van der Waals surface area contributed by atoms with E-state index in [1.54, 1.807) is 24.4 Å². The Hall–Kier alpha value is -2.69. The van der Waals surface area contributed by atoms with Crippen LogP contribution >= 0.6 is 0 Å². The number of benzene rings is 1. The number of carbonyl (C=O) groups excluding carboxylic acids is 1. The zero-order valence-corrected chi connectivity index (χ0v) is 11.4. The Kier molecular flexibility index (Phi) is 3.39. The van der Waals surface area contributed by atoms with Crippen LogP contribution in [0.25, 0.3) is 11.0 Å². The minimum Gasteiger partial charge on any atom is -0.465 e. The summed E-state index contributed by atoms with van der Waals surface area (Å²) < 4.78 is 17.7. The van der Waals surface area contributed by atoms with E-state index in [1.807, 2.05) is 6.07 Å². The Labute approximate surface area is 120 Å². The molecule has 0 radical (unpaired) electrons. The number of rotatable bonds is 3. The van der Waals surface area contributed by atoms with Crippen LogP contribution in [-0.4, -0.2) is 23.0 Å². The molecule has 0 atom stereocenters. The van der Waals surface area contributed by atoms with Crippen LogP contribution in [0.5, 0.6) is 0 Å². The lowest BCUT2D eigenvalue weighted by atomic mass is 10.1. The molecule has 0 aliphatic carbocycles. The summed E-state index contributed by atoms with van der Waals surface area (Å²) in [4.78, 5) is 19.1. The molecule has 0 aliphatic rings. The number of pyridine rings is 1. The first kappa shape index (κ1) is 13.3. The first-order valence-electron chi connectivity index (χ1n) is 6.47. The summed E-state index contributed by atoms with van der Waals surface area (Å²) in [6.45, 7) is 0. The highest BCUT2D eigenvalue weighted by Gasteiger charge is 2.13. The average Bonchev–Trinajstić information content (AvgIpc) is 2.91. The number of fused-ring (bicyclic) bond motifs is 1. The van der Waals surface area contributed by atoms with Crippen molar-refractivity contribution in [3.05, 3.63) is 65.2 Å². The van der Waals surface area contributed by atoms with E-state index in [-0.39, 0.29) is 5.82 Å². The fourth-order valence-electron chi connectivity index (χ4n) is 2.28. The number of halogens is 1. The van der Waals surface area contributed by atoms with Gasteiger partial charge in [0.25, 0.3) is 0 Å². The van der Waals surface area contributed by atoms with Crippen molar-refractivity contribution in [1.82, 2.24) is 9.97 Å². The molecule has 0 saturated heterocycles. The second-order valence-electron chi connectivity index (χ2n) is 4.71. The summed E-state index contributed by atoms with van der Waals surface area (Å²) in [5.74, 6) is -0.664. The van der Waals surface area contributed by atoms with Crippen LogP contribution in [0.2, 0.25) is 0 Å². The molecule has 2 aromatic heterocycles. The summed E-state index contributed by atoms with van der Waals surface area (Å²) in [6, 6.07) is 9.81. The number of methoxy groups -OCH3 is 1. The number of nitrogens with zero attached hydrogens (tertiary/aromatic N) is 1. The summed E-state index contributed by atoms with van der Waals surface area (Å²) in [5.41, 5.74) is 3.69. The van der Waals surface area contributed by atoms with Crippen molar-refractivity contribution in [2.45, 2.75) is 6.42 Å². The quantitative estimate of drug-likeness (QED) is 0.752. The molecular formula is C16H13FN2O2. The Bertz CT molecular complexity index is 794. The summed E-state index contributed by atoms with van der Waals surface area (Å²) in [7, 11) is 1.34. The molecular weight excluding hydrogens is 271 g/mol. The molecule has 0 saturated carbocycles. The number of hydrogen-bond acceptors (Lipinski definition) is 3. The highest BCUT2D eigenvalue weighted by molar-refractivity contribution is 6.01. The summed E-state index contributed by atoms with van der Waals surface area (Å²) in [6.07, 6.45) is 2.18. The van der Waals surface area contributed by atoms with Crippen molar-refractivity contribution >= 4 is 17.0 Å². The topological polar surface area (TPSA) is 55.0 Å². The predicted octanol–water partition coefficient (Wildman–Crippen LogP) is 3.08. The van der Waals surface area contributed by atoms with Crippen LogP contribution in [0, 0.1) is 5.82 Å². The molecule has 3 rings (SSSR count). The minimum absolute atomic E-state index is 0.259. The van der Waals surface area contributed by atoms with Gasteiger partial charge in [0.1, 0.15) is 5.82 Å². The Morgan fingerprint density at radius 1 is 1.29 bits per heavy atom. The first-order chi connectivity index (χ1) is 10.2.